The second-order valence-electron chi connectivity index (χ2n) is 6.11. The van der Waals surface area contributed by atoms with Crippen molar-refractivity contribution in [1.29, 1.82) is 0 Å². The number of rotatable bonds is 4. The van der Waals surface area contributed by atoms with Crippen LogP contribution in [0.5, 0.6) is 0 Å². The van der Waals surface area contributed by atoms with Crippen LogP contribution in [0.1, 0.15) is 30.4 Å². The van der Waals surface area contributed by atoms with E-state index in [1.54, 1.807) is 13.0 Å². The van der Waals surface area contributed by atoms with Gasteiger partial charge in [-0.15, -0.1) is 0 Å². The Hall–Kier alpha value is -2.46. The molecule has 0 radical (unpaired) electrons. The van der Waals surface area contributed by atoms with Gasteiger partial charge in [0, 0.05) is 16.5 Å². The maximum atomic E-state index is 14.5. The van der Waals surface area contributed by atoms with Crippen LogP contribution in [0.2, 0.25) is 5.02 Å². The van der Waals surface area contributed by atoms with Gasteiger partial charge < -0.3 is 4.74 Å². The number of allylic oxidation sites excluding steroid dienone is 2. The van der Waals surface area contributed by atoms with Gasteiger partial charge in [0.05, 0.1) is 6.61 Å². The van der Waals surface area contributed by atoms with E-state index >= 15 is 0 Å². The quantitative estimate of drug-likeness (QED) is 0.572. The zero-order valence-corrected chi connectivity index (χ0v) is 15.0. The van der Waals surface area contributed by atoms with Crippen molar-refractivity contribution in [1.82, 2.24) is 0 Å². The van der Waals surface area contributed by atoms with Crippen molar-refractivity contribution in [2.45, 2.75) is 19.3 Å². The predicted molar refractivity (Wildman–Crippen MR) is 98.3 cm³/mol. The zero-order chi connectivity index (χ0) is 18.7. The highest BCUT2D eigenvalue weighted by atomic mass is 35.5. The van der Waals surface area contributed by atoms with E-state index in [-0.39, 0.29) is 17.2 Å². The van der Waals surface area contributed by atoms with E-state index in [1.807, 2.05) is 30.3 Å². The molecular weight excluding hydrogens is 355 g/mol. The first kappa shape index (κ1) is 18.3. The van der Waals surface area contributed by atoms with Crippen molar-refractivity contribution in [3.05, 3.63) is 76.6 Å². The maximum absolute atomic E-state index is 14.5. The molecule has 26 heavy (non-hydrogen) atoms. The van der Waals surface area contributed by atoms with Crippen molar-refractivity contribution in [2.75, 3.05) is 6.61 Å². The summed E-state index contributed by atoms with van der Waals surface area (Å²) in [7, 11) is 0. The lowest BCUT2D eigenvalue weighted by atomic mass is 9.73. The Balaban J connectivity index is 2.10. The third kappa shape index (κ3) is 3.56. The molecule has 2 aromatic rings. The molecule has 0 saturated heterocycles. The van der Waals surface area contributed by atoms with E-state index in [1.165, 1.54) is 18.2 Å². The molecule has 2 aromatic carbocycles. The second-order valence-corrected chi connectivity index (χ2v) is 6.52. The van der Waals surface area contributed by atoms with Crippen LogP contribution < -0.4 is 0 Å². The lowest BCUT2D eigenvalue weighted by Crippen LogP contribution is -2.34. The van der Waals surface area contributed by atoms with E-state index in [4.69, 9.17) is 16.3 Å². The van der Waals surface area contributed by atoms with E-state index in [0.717, 1.165) is 11.1 Å². The van der Waals surface area contributed by atoms with Crippen molar-refractivity contribution >= 4 is 28.9 Å². The third-order valence-electron chi connectivity index (χ3n) is 4.52. The molecule has 0 amide bonds. The first-order chi connectivity index (χ1) is 12.5. The molecule has 2 atom stereocenters. The fraction of sp³-hybridized carbons (Fsp3) is 0.238. The summed E-state index contributed by atoms with van der Waals surface area (Å²) in [6.45, 7) is 1.82. The monoisotopic (exact) mass is 372 g/mol. The zero-order valence-electron chi connectivity index (χ0n) is 14.2. The van der Waals surface area contributed by atoms with Crippen LogP contribution >= 0.6 is 11.6 Å². The average Bonchev–Trinajstić information content (AvgIpc) is 2.62. The third-order valence-corrected chi connectivity index (χ3v) is 4.85. The molecule has 0 bridgehead atoms. The van der Waals surface area contributed by atoms with Crippen LogP contribution in [0.3, 0.4) is 0 Å². The van der Waals surface area contributed by atoms with Crippen LogP contribution in [-0.4, -0.2) is 18.4 Å². The molecule has 1 aliphatic carbocycles. The van der Waals surface area contributed by atoms with Gasteiger partial charge in [-0.05, 0) is 42.7 Å². The van der Waals surface area contributed by atoms with Crippen molar-refractivity contribution < 1.29 is 18.7 Å². The van der Waals surface area contributed by atoms with Crippen LogP contribution in [0.15, 0.2) is 54.6 Å². The summed E-state index contributed by atoms with van der Waals surface area (Å²) in [5.74, 6) is -3.38. The minimum absolute atomic E-state index is 0.148. The molecule has 0 heterocycles. The molecule has 5 heteroatoms. The summed E-state index contributed by atoms with van der Waals surface area (Å²) in [4.78, 5) is 25.2. The molecule has 0 saturated carbocycles. The lowest BCUT2D eigenvalue weighted by molar-refractivity contribution is -0.151. The predicted octanol–water partition coefficient (Wildman–Crippen LogP) is 4.80. The fourth-order valence-electron chi connectivity index (χ4n) is 3.37. The minimum atomic E-state index is -1.10. The van der Waals surface area contributed by atoms with E-state index in [2.05, 4.69) is 0 Å². The van der Waals surface area contributed by atoms with Gasteiger partial charge in [0.2, 0.25) is 0 Å². The van der Waals surface area contributed by atoms with Gasteiger partial charge in [-0.1, -0.05) is 48.0 Å². The highest BCUT2D eigenvalue weighted by Gasteiger charge is 2.41. The lowest BCUT2D eigenvalue weighted by Gasteiger charge is -2.30. The van der Waals surface area contributed by atoms with E-state index < -0.39 is 29.4 Å². The van der Waals surface area contributed by atoms with Gasteiger partial charge in [0.15, 0.2) is 5.78 Å². The molecule has 3 rings (SSSR count). The maximum Gasteiger partial charge on any atom is 0.317 e. The van der Waals surface area contributed by atoms with Crippen LogP contribution in [0.25, 0.3) is 5.57 Å². The molecule has 1 aliphatic rings. The topological polar surface area (TPSA) is 43.4 Å². The number of hydrogen-bond donors (Lipinski definition) is 0. The first-order valence-electron chi connectivity index (χ1n) is 8.43. The minimum Gasteiger partial charge on any atom is -0.465 e. The summed E-state index contributed by atoms with van der Waals surface area (Å²) >= 11 is 6.23. The van der Waals surface area contributed by atoms with Crippen molar-refractivity contribution in [3.8, 4) is 0 Å². The summed E-state index contributed by atoms with van der Waals surface area (Å²) in [6.07, 6.45) is 1.78. The number of carbonyl (C=O) groups excluding carboxylic acids is 2. The highest BCUT2D eigenvalue weighted by Crippen LogP contribution is 2.43. The fourth-order valence-corrected chi connectivity index (χ4v) is 3.68. The number of hydrogen-bond acceptors (Lipinski definition) is 3. The number of ketones is 1. The smallest absolute Gasteiger partial charge is 0.317 e. The number of esters is 1. The largest absolute Gasteiger partial charge is 0.465 e. The van der Waals surface area contributed by atoms with Gasteiger partial charge in [0.1, 0.15) is 11.7 Å². The van der Waals surface area contributed by atoms with E-state index in [9.17, 15) is 14.0 Å². The van der Waals surface area contributed by atoms with Gasteiger partial charge in [0.25, 0.3) is 0 Å². The molecular formula is C21H18ClFO3. The molecule has 2 unspecified atom stereocenters. The van der Waals surface area contributed by atoms with Gasteiger partial charge >= 0.3 is 5.97 Å². The Kier molecular flexibility index (Phi) is 5.52. The second kappa shape index (κ2) is 7.83. The van der Waals surface area contributed by atoms with Crippen LogP contribution in [0, 0.1) is 11.7 Å². The molecule has 0 spiro atoms. The van der Waals surface area contributed by atoms with Crippen molar-refractivity contribution in [2.24, 2.45) is 5.92 Å². The molecule has 134 valence electrons. The Morgan fingerprint density at radius 1 is 1.19 bits per heavy atom. The highest BCUT2D eigenvalue weighted by molar-refractivity contribution is 6.31. The van der Waals surface area contributed by atoms with Gasteiger partial charge in [-0.25, -0.2) is 4.39 Å². The summed E-state index contributed by atoms with van der Waals surface area (Å²) < 4.78 is 19.6. The molecule has 3 nitrogen and oxygen atoms in total. The summed E-state index contributed by atoms with van der Waals surface area (Å²) in [5, 5.41) is 0.200. The average molecular weight is 373 g/mol. The standard InChI is InChI=1S/C21H18ClFO3/c1-2-26-21(25)20-15(19-16(22)9-6-10-17(19)23)11-14(12-18(20)24)13-7-4-3-5-8-13/h3-10,12,15,20H,2,11H2,1H3. The number of benzene rings is 2. The summed E-state index contributed by atoms with van der Waals surface area (Å²) in [6, 6.07) is 13.7. The van der Waals surface area contributed by atoms with Crippen LogP contribution in [-0.2, 0) is 14.3 Å². The first-order valence-corrected chi connectivity index (χ1v) is 8.81. The Morgan fingerprint density at radius 2 is 1.92 bits per heavy atom. The molecule has 0 fully saturated rings. The Bertz CT molecular complexity index is 841. The Morgan fingerprint density at radius 3 is 2.58 bits per heavy atom. The SMILES string of the molecule is CCOC(=O)C1C(=O)C=C(c2ccccc2)CC1c1c(F)cccc1Cl. The number of carbonyl (C=O) groups is 2. The molecule has 0 aromatic heterocycles. The van der Waals surface area contributed by atoms with Crippen LogP contribution in [0.4, 0.5) is 4.39 Å². The van der Waals surface area contributed by atoms with Gasteiger partial charge in [-0.3, -0.25) is 9.59 Å². The number of halogens is 2. The summed E-state index contributed by atoms with van der Waals surface area (Å²) in [5.41, 5.74) is 1.79. The van der Waals surface area contributed by atoms with Crippen molar-refractivity contribution in [3.63, 3.8) is 0 Å². The van der Waals surface area contributed by atoms with E-state index in [0.29, 0.717) is 6.42 Å². The Labute approximate surface area is 156 Å². The number of ether oxygens (including phenoxy) is 1. The molecule has 0 aliphatic heterocycles. The van der Waals surface area contributed by atoms with Gasteiger partial charge in [-0.2, -0.15) is 0 Å². The molecule has 0 N–H and O–H groups in total. The normalized spacial score (nSPS) is 19.8.